The van der Waals surface area contributed by atoms with E-state index in [-0.39, 0.29) is 20.5 Å². The Bertz CT molecular complexity index is 415. The standard InChI is InChI=1S/C10H15Cl5NO2P/c1-6(8(11)12)17-19(15,16-10(3,4)5)18-7(2)9(13)14/h1-5H3. The SMILES string of the molecule is CC(OP(Cl)(=NC(C)(C)C)OC(C)=C(Cl)Cl)=C(Cl)Cl. The van der Waals surface area contributed by atoms with Crippen molar-refractivity contribution in [1.82, 2.24) is 0 Å². The van der Waals surface area contributed by atoms with Crippen LogP contribution in [0, 0.1) is 0 Å². The second kappa shape index (κ2) is 7.68. The van der Waals surface area contributed by atoms with Crippen LogP contribution in [0.1, 0.15) is 34.6 Å². The number of nitrogens with zero attached hydrogens (tertiary/aromatic N) is 1. The quantitative estimate of drug-likeness (QED) is 0.372. The van der Waals surface area contributed by atoms with Crippen molar-refractivity contribution in [1.29, 1.82) is 0 Å². The molecule has 0 aromatic heterocycles. The second-order valence-corrected chi connectivity index (χ2v) is 9.19. The molecule has 0 rings (SSSR count). The average molecular weight is 389 g/mol. The topological polar surface area (TPSA) is 30.8 Å². The van der Waals surface area contributed by atoms with Gasteiger partial charge in [0.1, 0.15) is 20.5 Å². The highest BCUT2D eigenvalue weighted by molar-refractivity contribution is 7.83. The second-order valence-electron chi connectivity index (χ2n) is 4.54. The van der Waals surface area contributed by atoms with Gasteiger partial charge in [0, 0.05) is 11.2 Å². The lowest BCUT2D eigenvalue weighted by Gasteiger charge is -2.24. The first kappa shape index (κ1) is 19.8. The summed E-state index contributed by atoms with van der Waals surface area (Å²) in [5.74, 6) is 0.413. The van der Waals surface area contributed by atoms with Crippen molar-refractivity contribution in [3.63, 3.8) is 0 Å². The van der Waals surface area contributed by atoms with E-state index in [1.54, 1.807) is 13.8 Å². The van der Waals surface area contributed by atoms with E-state index >= 15 is 0 Å². The van der Waals surface area contributed by atoms with Gasteiger partial charge >= 0.3 is 6.86 Å². The monoisotopic (exact) mass is 387 g/mol. The van der Waals surface area contributed by atoms with E-state index in [0.717, 1.165) is 0 Å². The van der Waals surface area contributed by atoms with Gasteiger partial charge in [0.2, 0.25) is 0 Å². The number of rotatable bonds is 4. The minimum atomic E-state index is -3.17. The third-order valence-electron chi connectivity index (χ3n) is 1.45. The first-order valence-corrected chi connectivity index (χ1v) is 9.12. The maximum Gasteiger partial charge on any atom is 0.413 e. The van der Waals surface area contributed by atoms with Crippen LogP contribution in [0.4, 0.5) is 0 Å². The molecule has 3 nitrogen and oxygen atoms in total. The van der Waals surface area contributed by atoms with E-state index in [9.17, 15) is 0 Å². The van der Waals surface area contributed by atoms with Gasteiger partial charge in [-0.25, -0.2) is 4.74 Å². The van der Waals surface area contributed by atoms with Gasteiger partial charge in [-0.05, 0) is 34.6 Å². The summed E-state index contributed by atoms with van der Waals surface area (Å²) in [5, 5.41) is 0. The molecule has 0 amide bonds. The number of halogens is 5. The van der Waals surface area contributed by atoms with Gasteiger partial charge < -0.3 is 9.05 Å². The average Bonchev–Trinajstić information content (AvgIpc) is 2.12. The molecule has 19 heavy (non-hydrogen) atoms. The Balaban J connectivity index is 5.59. The highest BCUT2D eigenvalue weighted by atomic mass is 35.7. The van der Waals surface area contributed by atoms with Crippen molar-refractivity contribution in [3.05, 3.63) is 20.5 Å². The van der Waals surface area contributed by atoms with Gasteiger partial charge in [-0.1, -0.05) is 46.4 Å². The third-order valence-corrected chi connectivity index (χ3v) is 4.99. The predicted octanol–water partition coefficient (Wildman–Crippen LogP) is 7.34. The maximum absolute atomic E-state index is 6.30. The van der Waals surface area contributed by atoms with E-state index in [1.165, 1.54) is 0 Å². The Hall–Kier alpha value is 0.760. The summed E-state index contributed by atoms with van der Waals surface area (Å²) >= 11 is 28.8. The molecule has 0 fully saturated rings. The molecule has 0 aliphatic rings. The molecule has 0 radical (unpaired) electrons. The fraction of sp³-hybridized carbons (Fsp3) is 0.600. The van der Waals surface area contributed by atoms with Gasteiger partial charge in [-0.3, -0.25) is 0 Å². The molecule has 0 saturated carbocycles. The largest absolute Gasteiger partial charge is 0.421 e. The smallest absolute Gasteiger partial charge is 0.413 e. The van der Waals surface area contributed by atoms with E-state index in [1.807, 2.05) is 20.8 Å². The highest BCUT2D eigenvalue weighted by Crippen LogP contribution is 2.62. The van der Waals surface area contributed by atoms with Gasteiger partial charge in [0.15, 0.2) is 0 Å². The molecule has 0 aromatic carbocycles. The zero-order chi connectivity index (χ0) is 15.4. The summed E-state index contributed by atoms with van der Waals surface area (Å²) in [6, 6.07) is 0. The summed E-state index contributed by atoms with van der Waals surface area (Å²) in [5.41, 5.74) is -0.492. The van der Waals surface area contributed by atoms with E-state index in [2.05, 4.69) is 4.74 Å². The van der Waals surface area contributed by atoms with Crippen molar-refractivity contribution < 1.29 is 9.05 Å². The van der Waals surface area contributed by atoms with Crippen LogP contribution in [-0.4, -0.2) is 5.54 Å². The molecular weight excluding hydrogens is 374 g/mol. The normalized spacial score (nSPS) is 11.7. The maximum atomic E-state index is 6.30. The lowest BCUT2D eigenvalue weighted by molar-refractivity contribution is 0.352. The fourth-order valence-electron chi connectivity index (χ4n) is 0.825. The van der Waals surface area contributed by atoms with Gasteiger partial charge in [-0.2, -0.15) is 0 Å². The van der Waals surface area contributed by atoms with Crippen LogP contribution in [0.2, 0.25) is 0 Å². The van der Waals surface area contributed by atoms with Crippen molar-refractivity contribution in [2.75, 3.05) is 0 Å². The van der Waals surface area contributed by atoms with Crippen LogP contribution in [0.5, 0.6) is 0 Å². The van der Waals surface area contributed by atoms with Crippen LogP contribution in [-0.2, 0) is 9.05 Å². The van der Waals surface area contributed by atoms with Crippen LogP contribution < -0.4 is 0 Å². The highest BCUT2D eigenvalue weighted by Gasteiger charge is 2.27. The first-order valence-electron chi connectivity index (χ1n) is 5.12. The molecule has 0 bridgehead atoms. The number of hydrogen-bond donors (Lipinski definition) is 0. The molecule has 0 aliphatic heterocycles. The molecule has 112 valence electrons. The molecule has 0 saturated heterocycles. The Kier molecular flexibility index (Phi) is 7.99. The van der Waals surface area contributed by atoms with Gasteiger partial charge in [0.05, 0.1) is 5.54 Å². The molecule has 0 atom stereocenters. The Morgan fingerprint density at radius 1 is 0.895 bits per heavy atom. The van der Waals surface area contributed by atoms with Crippen LogP contribution in [0.15, 0.2) is 25.2 Å². The van der Waals surface area contributed by atoms with Crippen LogP contribution >= 0.6 is 64.5 Å². The van der Waals surface area contributed by atoms with Crippen LogP contribution in [0.3, 0.4) is 0 Å². The van der Waals surface area contributed by atoms with Gasteiger partial charge in [0.25, 0.3) is 0 Å². The molecule has 0 N–H and O–H groups in total. The number of hydrogen-bond acceptors (Lipinski definition) is 3. The lowest BCUT2D eigenvalue weighted by Crippen LogP contribution is -2.09. The molecule has 0 aliphatic carbocycles. The predicted molar refractivity (Wildman–Crippen MR) is 85.9 cm³/mol. The Labute approximate surface area is 138 Å². The molecular formula is C10H15Cl5NO2P. The zero-order valence-corrected chi connectivity index (χ0v) is 15.8. The lowest BCUT2D eigenvalue weighted by atomic mass is 10.1. The van der Waals surface area contributed by atoms with E-state index in [4.69, 9.17) is 66.7 Å². The fourth-order valence-corrected chi connectivity index (χ4v) is 4.19. The van der Waals surface area contributed by atoms with Crippen molar-refractivity contribution >= 4 is 64.5 Å². The van der Waals surface area contributed by atoms with Gasteiger partial charge in [-0.15, -0.1) is 0 Å². The summed E-state index contributed by atoms with van der Waals surface area (Å²) in [6.45, 7) is 5.48. The van der Waals surface area contributed by atoms with Crippen molar-refractivity contribution in [2.45, 2.75) is 40.2 Å². The van der Waals surface area contributed by atoms with E-state index < -0.39 is 12.4 Å². The summed E-state index contributed by atoms with van der Waals surface area (Å²) in [4.78, 5) is 0. The molecule has 9 heteroatoms. The van der Waals surface area contributed by atoms with Crippen molar-refractivity contribution in [2.24, 2.45) is 4.74 Å². The molecule has 0 heterocycles. The summed E-state index contributed by atoms with van der Waals surface area (Å²) in [6.07, 6.45) is 0. The minimum Gasteiger partial charge on any atom is -0.421 e. The third kappa shape index (κ3) is 8.60. The molecule has 0 unspecified atom stereocenters. The van der Waals surface area contributed by atoms with E-state index in [0.29, 0.717) is 0 Å². The summed E-state index contributed by atoms with van der Waals surface area (Å²) in [7, 11) is 0. The zero-order valence-electron chi connectivity index (χ0n) is 11.1. The Morgan fingerprint density at radius 3 is 1.42 bits per heavy atom. The molecule has 0 spiro atoms. The minimum absolute atomic E-state index is 0.0589. The summed E-state index contributed by atoms with van der Waals surface area (Å²) < 4.78 is 15.1. The Morgan fingerprint density at radius 2 is 1.21 bits per heavy atom. The number of allylic oxidation sites excluding steroid dienone is 2. The first-order chi connectivity index (χ1) is 8.36. The van der Waals surface area contributed by atoms with Crippen molar-refractivity contribution in [3.8, 4) is 0 Å². The molecule has 0 aromatic rings. The van der Waals surface area contributed by atoms with Crippen LogP contribution in [0.25, 0.3) is 0 Å².